The first-order valence-electron chi connectivity index (χ1n) is 9.27. The second kappa shape index (κ2) is 8.68. The van der Waals surface area contributed by atoms with E-state index in [1.54, 1.807) is 18.5 Å². The van der Waals surface area contributed by atoms with Crippen LogP contribution in [0.25, 0.3) is 5.69 Å². The van der Waals surface area contributed by atoms with Gasteiger partial charge in [-0.2, -0.15) is 5.10 Å². The maximum Gasteiger partial charge on any atom is 0.333 e. The Bertz CT molecular complexity index is 1010. The summed E-state index contributed by atoms with van der Waals surface area (Å²) in [4.78, 5) is 25.4. The Kier molecular flexibility index (Phi) is 6.07. The van der Waals surface area contributed by atoms with Gasteiger partial charge >= 0.3 is 5.97 Å². The van der Waals surface area contributed by atoms with Crippen molar-refractivity contribution < 1.29 is 18.7 Å². The molecule has 0 spiro atoms. The predicted octanol–water partition coefficient (Wildman–Crippen LogP) is 3.66. The van der Waals surface area contributed by atoms with Crippen LogP contribution in [0, 0.1) is 19.7 Å². The molecule has 1 atom stereocenters. The normalized spacial score (nSPS) is 11.7. The minimum atomic E-state index is -1.04. The molecule has 29 heavy (non-hydrogen) atoms. The number of carbonyl (C=O) groups is 2. The number of nitrogens with one attached hydrogen (secondary N) is 1. The molecule has 0 radical (unpaired) electrons. The number of hydrogen-bond donors (Lipinski definition) is 1. The van der Waals surface area contributed by atoms with Crippen LogP contribution in [0.5, 0.6) is 0 Å². The Morgan fingerprint density at radius 3 is 2.38 bits per heavy atom. The molecule has 3 rings (SSSR count). The second-order valence-electron chi connectivity index (χ2n) is 6.50. The molecule has 0 fully saturated rings. The highest BCUT2D eigenvalue weighted by Gasteiger charge is 2.30. The molecule has 0 aliphatic rings. The highest BCUT2D eigenvalue weighted by atomic mass is 19.1. The molecular formula is C22H22FN3O3. The van der Waals surface area contributed by atoms with E-state index in [-0.39, 0.29) is 12.2 Å². The molecule has 7 heteroatoms. The van der Waals surface area contributed by atoms with Gasteiger partial charge in [0, 0.05) is 16.8 Å². The lowest BCUT2D eigenvalue weighted by molar-refractivity contribution is -0.145. The largest absolute Gasteiger partial charge is 0.464 e. The number of hydrogen-bond acceptors (Lipinski definition) is 4. The van der Waals surface area contributed by atoms with Gasteiger partial charge in [-0.05, 0) is 57.2 Å². The van der Waals surface area contributed by atoms with Gasteiger partial charge in [-0.15, -0.1) is 0 Å². The van der Waals surface area contributed by atoms with Crippen molar-refractivity contribution in [3.05, 3.63) is 82.9 Å². The first-order valence-corrected chi connectivity index (χ1v) is 9.27. The summed E-state index contributed by atoms with van der Waals surface area (Å²) < 4.78 is 20.1. The van der Waals surface area contributed by atoms with Gasteiger partial charge in [0.05, 0.1) is 18.0 Å². The van der Waals surface area contributed by atoms with Gasteiger partial charge in [0.15, 0.2) is 6.04 Å². The number of ether oxygens (including phenoxy) is 1. The van der Waals surface area contributed by atoms with Crippen LogP contribution in [-0.2, 0) is 9.53 Å². The Balaban J connectivity index is 1.99. The maximum absolute atomic E-state index is 13.2. The Morgan fingerprint density at radius 1 is 1.10 bits per heavy atom. The van der Waals surface area contributed by atoms with Crippen LogP contribution in [-0.4, -0.2) is 28.3 Å². The Morgan fingerprint density at radius 2 is 1.76 bits per heavy atom. The molecule has 0 saturated carbocycles. The number of amides is 1. The van der Waals surface area contributed by atoms with Crippen molar-refractivity contribution in [2.75, 3.05) is 6.61 Å². The molecule has 0 aliphatic carbocycles. The standard InChI is InChI=1S/C22H22FN3O3/c1-4-29-22(28)20(24-21(27)16-10-12-17(23)13-11-16)19-14(2)25-26(15(19)3)18-8-6-5-7-9-18/h5-13,20H,4H2,1-3H3,(H,24,27)/t20-/m0/s1. The third-order valence-electron chi connectivity index (χ3n) is 4.54. The van der Waals surface area contributed by atoms with Gasteiger partial charge in [0.2, 0.25) is 0 Å². The van der Waals surface area contributed by atoms with Crippen LogP contribution < -0.4 is 5.32 Å². The van der Waals surface area contributed by atoms with E-state index in [9.17, 15) is 14.0 Å². The summed E-state index contributed by atoms with van der Waals surface area (Å²) in [6.07, 6.45) is 0. The minimum Gasteiger partial charge on any atom is -0.464 e. The number of aryl methyl sites for hydroxylation is 1. The molecule has 0 bridgehead atoms. The van der Waals surface area contributed by atoms with Gasteiger partial charge in [-0.1, -0.05) is 18.2 Å². The molecule has 3 aromatic rings. The monoisotopic (exact) mass is 395 g/mol. The van der Waals surface area contributed by atoms with E-state index in [0.29, 0.717) is 17.0 Å². The quantitative estimate of drug-likeness (QED) is 0.647. The highest BCUT2D eigenvalue weighted by Crippen LogP contribution is 2.26. The number of carbonyl (C=O) groups excluding carboxylic acids is 2. The lowest BCUT2D eigenvalue weighted by Crippen LogP contribution is -2.35. The van der Waals surface area contributed by atoms with Crippen LogP contribution in [0.15, 0.2) is 54.6 Å². The summed E-state index contributed by atoms with van der Waals surface area (Å²) in [6, 6.07) is 13.6. The fourth-order valence-corrected chi connectivity index (χ4v) is 3.18. The minimum absolute atomic E-state index is 0.173. The Hall–Kier alpha value is -3.48. The van der Waals surface area contributed by atoms with Crippen LogP contribution in [0.2, 0.25) is 0 Å². The zero-order valence-electron chi connectivity index (χ0n) is 16.5. The third kappa shape index (κ3) is 4.34. The molecule has 1 N–H and O–H groups in total. The number of rotatable bonds is 6. The average molecular weight is 395 g/mol. The zero-order valence-corrected chi connectivity index (χ0v) is 16.5. The van der Waals surface area contributed by atoms with Crippen molar-refractivity contribution >= 4 is 11.9 Å². The van der Waals surface area contributed by atoms with E-state index >= 15 is 0 Å². The molecule has 6 nitrogen and oxygen atoms in total. The van der Waals surface area contributed by atoms with Crippen LogP contribution in [0.1, 0.15) is 40.3 Å². The smallest absolute Gasteiger partial charge is 0.333 e. The van der Waals surface area contributed by atoms with Crippen LogP contribution in [0.3, 0.4) is 0 Å². The second-order valence-corrected chi connectivity index (χ2v) is 6.50. The van der Waals surface area contributed by atoms with Gasteiger partial charge in [0.25, 0.3) is 5.91 Å². The van der Waals surface area contributed by atoms with Crippen LogP contribution in [0.4, 0.5) is 4.39 Å². The molecule has 0 aliphatic heterocycles. The first kappa shape index (κ1) is 20.3. The lowest BCUT2D eigenvalue weighted by atomic mass is 10.0. The van der Waals surface area contributed by atoms with Gasteiger partial charge < -0.3 is 10.1 Å². The van der Waals surface area contributed by atoms with E-state index in [2.05, 4.69) is 10.4 Å². The molecule has 1 heterocycles. The third-order valence-corrected chi connectivity index (χ3v) is 4.54. The number of halogens is 1. The van der Waals surface area contributed by atoms with Crippen molar-refractivity contribution in [2.45, 2.75) is 26.8 Å². The molecule has 2 aromatic carbocycles. The fourth-order valence-electron chi connectivity index (χ4n) is 3.18. The van der Waals surface area contributed by atoms with E-state index in [4.69, 9.17) is 4.74 Å². The summed E-state index contributed by atoms with van der Waals surface area (Å²) in [5.41, 5.74) is 2.97. The average Bonchev–Trinajstić information content (AvgIpc) is 3.01. The molecule has 0 saturated heterocycles. The summed E-state index contributed by atoms with van der Waals surface area (Å²) in [7, 11) is 0. The molecule has 150 valence electrons. The number of nitrogens with zero attached hydrogens (tertiary/aromatic N) is 2. The predicted molar refractivity (Wildman–Crippen MR) is 106 cm³/mol. The number of benzene rings is 2. The van der Waals surface area contributed by atoms with Crippen molar-refractivity contribution in [3.8, 4) is 5.69 Å². The van der Waals surface area contributed by atoms with E-state index < -0.39 is 23.7 Å². The topological polar surface area (TPSA) is 73.2 Å². The summed E-state index contributed by atoms with van der Waals surface area (Å²) in [6.45, 7) is 5.48. The fraction of sp³-hybridized carbons (Fsp3) is 0.227. The van der Waals surface area contributed by atoms with Crippen LogP contribution >= 0.6 is 0 Å². The van der Waals surface area contributed by atoms with Gasteiger partial charge in [-0.25, -0.2) is 13.9 Å². The van der Waals surface area contributed by atoms with E-state index in [1.807, 2.05) is 37.3 Å². The molecule has 0 unspecified atom stereocenters. The van der Waals surface area contributed by atoms with Gasteiger partial charge in [0.1, 0.15) is 5.82 Å². The van der Waals surface area contributed by atoms with E-state index in [0.717, 1.165) is 5.69 Å². The first-order chi connectivity index (χ1) is 13.9. The molecule has 1 aromatic heterocycles. The highest BCUT2D eigenvalue weighted by molar-refractivity contribution is 5.97. The SMILES string of the molecule is CCOC(=O)[C@@H](NC(=O)c1ccc(F)cc1)c1c(C)nn(-c2ccccc2)c1C. The summed E-state index contributed by atoms with van der Waals surface area (Å²) >= 11 is 0. The number of esters is 1. The van der Waals surface area contributed by atoms with Crippen molar-refractivity contribution in [3.63, 3.8) is 0 Å². The lowest BCUT2D eigenvalue weighted by Gasteiger charge is -2.18. The molecule has 1 amide bonds. The Labute approximate surface area is 168 Å². The van der Waals surface area contributed by atoms with Crippen molar-refractivity contribution in [1.29, 1.82) is 0 Å². The summed E-state index contributed by atoms with van der Waals surface area (Å²) in [5, 5.41) is 7.25. The molecular weight excluding hydrogens is 373 g/mol. The maximum atomic E-state index is 13.2. The number of aromatic nitrogens is 2. The zero-order chi connectivity index (χ0) is 21.0. The van der Waals surface area contributed by atoms with E-state index in [1.165, 1.54) is 24.3 Å². The van der Waals surface area contributed by atoms with Crippen molar-refractivity contribution in [1.82, 2.24) is 15.1 Å². The van der Waals surface area contributed by atoms with Gasteiger partial charge in [-0.3, -0.25) is 4.79 Å². The van der Waals surface area contributed by atoms with Crippen molar-refractivity contribution in [2.24, 2.45) is 0 Å². The number of para-hydroxylation sites is 1. The summed E-state index contributed by atoms with van der Waals surface area (Å²) in [5.74, 6) is -1.53.